The van der Waals surface area contributed by atoms with Gasteiger partial charge < -0.3 is 10.1 Å². The molecule has 9 heteroatoms. The van der Waals surface area contributed by atoms with E-state index < -0.39 is 6.61 Å². The first-order valence-corrected chi connectivity index (χ1v) is 8.98. The number of fused-ring (bicyclic) bond motifs is 3. The molecule has 0 spiro atoms. The molecule has 0 aliphatic carbocycles. The highest BCUT2D eigenvalue weighted by molar-refractivity contribution is 7.26. The van der Waals surface area contributed by atoms with Gasteiger partial charge in [0.25, 0.3) is 0 Å². The fourth-order valence-electron chi connectivity index (χ4n) is 2.90. The highest BCUT2D eigenvalue weighted by Crippen LogP contribution is 2.36. The Kier molecular flexibility index (Phi) is 4.53. The van der Waals surface area contributed by atoms with Crippen LogP contribution in [0.3, 0.4) is 0 Å². The number of anilines is 1. The van der Waals surface area contributed by atoms with Crippen molar-refractivity contribution in [2.45, 2.75) is 27.0 Å². The van der Waals surface area contributed by atoms with Crippen molar-refractivity contribution in [1.82, 2.24) is 19.9 Å². The number of alkyl halides is 2. The van der Waals surface area contributed by atoms with E-state index in [-0.39, 0.29) is 5.88 Å². The van der Waals surface area contributed by atoms with Crippen LogP contribution >= 0.6 is 11.3 Å². The molecule has 0 aromatic carbocycles. The van der Waals surface area contributed by atoms with Crippen LogP contribution in [0.4, 0.5) is 14.6 Å². The van der Waals surface area contributed by atoms with E-state index in [1.807, 2.05) is 19.9 Å². The van der Waals surface area contributed by atoms with E-state index in [2.05, 4.69) is 30.0 Å². The van der Waals surface area contributed by atoms with Gasteiger partial charge in [0.1, 0.15) is 17.0 Å². The van der Waals surface area contributed by atoms with Crippen LogP contribution < -0.4 is 10.1 Å². The molecule has 4 aromatic heterocycles. The summed E-state index contributed by atoms with van der Waals surface area (Å²) >= 11 is 1.54. The lowest BCUT2D eigenvalue weighted by Crippen LogP contribution is -2.05. The Balaban J connectivity index is 1.61. The summed E-state index contributed by atoms with van der Waals surface area (Å²) < 4.78 is 29.6. The van der Waals surface area contributed by atoms with Crippen LogP contribution in [-0.4, -0.2) is 26.5 Å². The second kappa shape index (κ2) is 6.99. The van der Waals surface area contributed by atoms with E-state index in [1.165, 1.54) is 18.6 Å². The van der Waals surface area contributed by atoms with Gasteiger partial charge in [0, 0.05) is 29.9 Å². The smallest absolute Gasteiger partial charge is 0.388 e. The summed E-state index contributed by atoms with van der Waals surface area (Å²) in [4.78, 5) is 18.2. The molecule has 0 radical (unpaired) electrons. The maximum absolute atomic E-state index is 12.2. The third-order valence-electron chi connectivity index (χ3n) is 4.02. The van der Waals surface area contributed by atoms with Crippen LogP contribution in [0, 0.1) is 13.8 Å². The van der Waals surface area contributed by atoms with Crippen molar-refractivity contribution in [2.75, 3.05) is 5.32 Å². The first-order valence-electron chi connectivity index (χ1n) is 8.16. The quantitative estimate of drug-likeness (QED) is 0.545. The summed E-state index contributed by atoms with van der Waals surface area (Å²) in [6, 6.07) is 5.13. The lowest BCUT2D eigenvalue weighted by atomic mass is 10.1. The molecular weight excluding hydrogens is 372 g/mol. The Bertz CT molecular complexity index is 1110. The van der Waals surface area contributed by atoms with Gasteiger partial charge >= 0.3 is 6.61 Å². The zero-order valence-corrected chi connectivity index (χ0v) is 15.3. The molecule has 138 valence electrons. The molecule has 4 rings (SSSR count). The molecule has 4 heterocycles. The van der Waals surface area contributed by atoms with Crippen molar-refractivity contribution < 1.29 is 13.5 Å². The molecule has 0 saturated heterocycles. The minimum atomic E-state index is -2.88. The maximum atomic E-state index is 12.2. The number of thiophene rings is 1. The average molecular weight is 387 g/mol. The topological polar surface area (TPSA) is 72.8 Å². The van der Waals surface area contributed by atoms with Crippen molar-refractivity contribution >= 4 is 37.6 Å². The van der Waals surface area contributed by atoms with Gasteiger partial charge in [-0.25, -0.2) is 19.9 Å². The minimum Gasteiger partial charge on any atom is -0.417 e. The fraction of sp³-hybridized carbons (Fsp3) is 0.222. The molecule has 0 saturated carbocycles. The first-order chi connectivity index (χ1) is 13.0. The van der Waals surface area contributed by atoms with E-state index in [4.69, 9.17) is 0 Å². The third-order valence-corrected chi connectivity index (χ3v) is 5.10. The lowest BCUT2D eigenvalue weighted by Gasteiger charge is -2.07. The molecule has 4 aromatic rings. The zero-order valence-electron chi connectivity index (χ0n) is 14.5. The standard InChI is InChI=1S/C18H15F2N5OS/c1-9-5-10(2)25-17-13(9)14-15(27-17)16(24-8-23-14)22-7-11-3-4-12(21-6-11)26-18(19)20/h3-6,8,18H,7H2,1-2H3,(H,22,23,24). The SMILES string of the molecule is Cc1cc(C)c2c(n1)sc1c(NCc3ccc(OC(F)F)nc3)ncnc12. The lowest BCUT2D eigenvalue weighted by molar-refractivity contribution is -0.0528. The predicted octanol–water partition coefficient (Wildman–Crippen LogP) is 4.46. The van der Waals surface area contributed by atoms with Crippen molar-refractivity contribution in [3.63, 3.8) is 0 Å². The third kappa shape index (κ3) is 3.50. The number of nitrogens with zero attached hydrogens (tertiary/aromatic N) is 4. The Labute approximate surface area is 157 Å². The number of rotatable bonds is 5. The number of halogens is 2. The number of pyridine rings is 2. The van der Waals surface area contributed by atoms with Crippen LogP contribution in [-0.2, 0) is 6.54 Å². The summed E-state index contributed by atoms with van der Waals surface area (Å²) in [7, 11) is 0. The van der Waals surface area contributed by atoms with Crippen LogP contribution in [0.2, 0.25) is 0 Å². The Morgan fingerprint density at radius 3 is 2.78 bits per heavy atom. The van der Waals surface area contributed by atoms with Crippen molar-refractivity contribution in [3.8, 4) is 5.88 Å². The zero-order chi connectivity index (χ0) is 19.0. The number of hydrogen-bond donors (Lipinski definition) is 1. The van der Waals surface area contributed by atoms with Gasteiger partial charge in [0.15, 0.2) is 0 Å². The van der Waals surface area contributed by atoms with Gasteiger partial charge in [-0.3, -0.25) is 0 Å². The molecule has 27 heavy (non-hydrogen) atoms. The first kappa shape index (κ1) is 17.5. The van der Waals surface area contributed by atoms with Crippen LogP contribution in [0.5, 0.6) is 5.88 Å². The van der Waals surface area contributed by atoms with Gasteiger partial charge in [0.2, 0.25) is 5.88 Å². The Morgan fingerprint density at radius 1 is 1.19 bits per heavy atom. The molecule has 1 N–H and O–H groups in total. The second-order valence-corrected chi connectivity index (χ2v) is 7.00. The highest BCUT2D eigenvalue weighted by Gasteiger charge is 2.14. The average Bonchev–Trinajstić information content (AvgIpc) is 2.99. The van der Waals surface area contributed by atoms with Crippen molar-refractivity contribution in [1.29, 1.82) is 0 Å². The predicted molar refractivity (Wildman–Crippen MR) is 100 cm³/mol. The number of ether oxygens (including phenoxy) is 1. The normalized spacial score (nSPS) is 11.4. The second-order valence-electron chi connectivity index (χ2n) is 6.00. The summed E-state index contributed by atoms with van der Waals surface area (Å²) in [6.45, 7) is 1.57. The number of hydrogen-bond acceptors (Lipinski definition) is 7. The van der Waals surface area contributed by atoms with Crippen LogP contribution in [0.15, 0.2) is 30.7 Å². The molecule has 0 aliphatic rings. The minimum absolute atomic E-state index is 0.111. The molecule has 0 amide bonds. The van der Waals surface area contributed by atoms with E-state index in [0.717, 1.165) is 37.3 Å². The van der Waals surface area contributed by atoms with Crippen LogP contribution in [0.1, 0.15) is 16.8 Å². The Morgan fingerprint density at radius 2 is 2.04 bits per heavy atom. The highest BCUT2D eigenvalue weighted by atomic mass is 32.1. The fourth-order valence-corrected chi connectivity index (χ4v) is 4.11. The van der Waals surface area contributed by atoms with Crippen molar-refractivity contribution in [2.24, 2.45) is 0 Å². The number of nitrogens with one attached hydrogen (secondary N) is 1. The summed E-state index contributed by atoms with van der Waals surface area (Å²) in [5.41, 5.74) is 3.78. The monoisotopic (exact) mass is 387 g/mol. The van der Waals surface area contributed by atoms with Crippen LogP contribution in [0.25, 0.3) is 20.4 Å². The van der Waals surface area contributed by atoms with E-state index in [9.17, 15) is 8.78 Å². The molecule has 6 nitrogen and oxygen atoms in total. The van der Waals surface area contributed by atoms with Gasteiger partial charge in [-0.05, 0) is 31.0 Å². The van der Waals surface area contributed by atoms with Gasteiger partial charge in [0.05, 0.1) is 10.2 Å². The molecule has 0 unspecified atom stereocenters. The maximum Gasteiger partial charge on any atom is 0.388 e. The molecule has 0 fully saturated rings. The number of aromatic nitrogens is 4. The summed E-state index contributed by atoms with van der Waals surface area (Å²) in [5, 5.41) is 4.30. The van der Waals surface area contributed by atoms with E-state index >= 15 is 0 Å². The molecule has 0 bridgehead atoms. The van der Waals surface area contributed by atoms with E-state index in [0.29, 0.717) is 12.4 Å². The largest absolute Gasteiger partial charge is 0.417 e. The summed E-state index contributed by atoms with van der Waals surface area (Å²) in [5.74, 6) is 0.590. The Hall–Kier alpha value is -2.94. The summed E-state index contributed by atoms with van der Waals surface area (Å²) in [6.07, 6.45) is 3.01. The molecular formula is C18H15F2N5OS. The van der Waals surface area contributed by atoms with Gasteiger partial charge in [-0.15, -0.1) is 11.3 Å². The molecule has 0 atom stereocenters. The number of aryl methyl sites for hydroxylation is 2. The van der Waals surface area contributed by atoms with E-state index in [1.54, 1.807) is 17.4 Å². The van der Waals surface area contributed by atoms with Gasteiger partial charge in [-0.2, -0.15) is 8.78 Å². The van der Waals surface area contributed by atoms with Crippen molar-refractivity contribution in [3.05, 3.63) is 47.5 Å². The molecule has 0 aliphatic heterocycles. The van der Waals surface area contributed by atoms with Gasteiger partial charge in [-0.1, -0.05) is 6.07 Å².